The lowest BCUT2D eigenvalue weighted by Gasteiger charge is -2.41. The molecule has 1 aliphatic heterocycles. The molecule has 1 heterocycles. The van der Waals surface area contributed by atoms with E-state index in [-0.39, 0.29) is 22.2 Å². The maximum atomic E-state index is 13.4. The van der Waals surface area contributed by atoms with Gasteiger partial charge in [0.25, 0.3) is 0 Å². The molecule has 0 amide bonds. The fourth-order valence-corrected chi connectivity index (χ4v) is 6.37. The lowest BCUT2D eigenvalue weighted by atomic mass is 9.95. The molecule has 0 saturated heterocycles. The van der Waals surface area contributed by atoms with Crippen LogP contribution in [0.3, 0.4) is 0 Å². The van der Waals surface area contributed by atoms with E-state index in [1.165, 1.54) is 30.7 Å². The van der Waals surface area contributed by atoms with Crippen LogP contribution in [0.25, 0.3) is 0 Å². The number of anilines is 1. The minimum absolute atomic E-state index is 0.0291. The first-order valence-electron chi connectivity index (χ1n) is 9.24. The zero-order valence-electron chi connectivity index (χ0n) is 16.3. The highest BCUT2D eigenvalue weighted by Crippen LogP contribution is 2.44. The van der Waals surface area contributed by atoms with E-state index < -0.39 is 10.0 Å². The molecule has 0 bridgehead atoms. The number of rotatable bonds is 2. The zero-order chi connectivity index (χ0) is 19.3. The van der Waals surface area contributed by atoms with Gasteiger partial charge in [0.15, 0.2) is 0 Å². The number of phenolic OH excluding ortho intramolecular Hbond substituents is 1. The lowest BCUT2D eigenvalue weighted by Crippen LogP contribution is -2.51. The van der Waals surface area contributed by atoms with Crippen LogP contribution in [0.2, 0.25) is 0 Å². The standard InChI is InChI=1S/C19H30N2O3S2/c1-19(2,3)21-12-15(13-8-6-7-9-13)20(4)26(23,24)18-11-16(22)17(25-5)10-14(18)21/h10-11,13,15,22H,6-9,12H2,1-5H3/t15-/m0/s1. The number of benzene rings is 1. The van der Waals surface area contributed by atoms with Crippen molar-refractivity contribution in [2.75, 3.05) is 24.7 Å². The topological polar surface area (TPSA) is 60.9 Å². The van der Waals surface area contributed by atoms with Crippen LogP contribution < -0.4 is 4.90 Å². The van der Waals surface area contributed by atoms with Crippen molar-refractivity contribution in [3.05, 3.63) is 12.1 Å². The smallest absolute Gasteiger partial charge is 0.245 e. The van der Waals surface area contributed by atoms with Gasteiger partial charge in [-0.25, -0.2) is 8.42 Å². The molecule has 1 aromatic carbocycles. The molecule has 0 spiro atoms. The number of hydrogen-bond donors (Lipinski definition) is 1. The van der Waals surface area contributed by atoms with Gasteiger partial charge in [-0.15, -0.1) is 11.8 Å². The van der Waals surface area contributed by atoms with Crippen molar-refractivity contribution >= 4 is 27.5 Å². The van der Waals surface area contributed by atoms with Crippen molar-refractivity contribution in [1.29, 1.82) is 0 Å². The van der Waals surface area contributed by atoms with Crippen molar-refractivity contribution in [3.63, 3.8) is 0 Å². The van der Waals surface area contributed by atoms with Gasteiger partial charge in [-0.1, -0.05) is 12.8 Å². The highest BCUT2D eigenvalue weighted by molar-refractivity contribution is 7.98. The normalized spacial score (nSPS) is 24.5. The first-order valence-corrected chi connectivity index (χ1v) is 11.9. The van der Waals surface area contributed by atoms with E-state index in [1.54, 1.807) is 11.4 Å². The molecule has 26 heavy (non-hydrogen) atoms. The van der Waals surface area contributed by atoms with E-state index in [1.807, 2.05) is 12.3 Å². The van der Waals surface area contributed by atoms with Crippen molar-refractivity contribution in [3.8, 4) is 5.75 Å². The molecule has 0 aromatic heterocycles. The van der Waals surface area contributed by atoms with E-state index in [2.05, 4.69) is 25.7 Å². The molecule has 3 rings (SSSR count). The third-order valence-electron chi connectivity index (χ3n) is 5.80. The van der Waals surface area contributed by atoms with Crippen LogP contribution >= 0.6 is 11.8 Å². The third-order valence-corrected chi connectivity index (χ3v) is 8.48. The van der Waals surface area contributed by atoms with E-state index in [4.69, 9.17) is 0 Å². The molecule has 1 N–H and O–H groups in total. The Morgan fingerprint density at radius 2 is 1.81 bits per heavy atom. The Balaban J connectivity index is 2.22. The first kappa shape index (κ1) is 19.8. The largest absolute Gasteiger partial charge is 0.507 e. The van der Waals surface area contributed by atoms with Crippen LogP contribution in [0.5, 0.6) is 5.75 Å². The van der Waals surface area contributed by atoms with Gasteiger partial charge in [-0.2, -0.15) is 4.31 Å². The number of thioether (sulfide) groups is 1. The summed E-state index contributed by atoms with van der Waals surface area (Å²) in [5.74, 6) is 0.420. The van der Waals surface area contributed by atoms with Gasteiger partial charge in [0.05, 0.1) is 10.6 Å². The summed E-state index contributed by atoms with van der Waals surface area (Å²) in [5, 5.41) is 10.3. The summed E-state index contributed by atoms with van der Waals surface area (Å²) in [7, 11) is -1.96. The monoisotopic (exact) mass is 398 g/mol. The third kappa shape index (κ3) is 3.34. The van der Waals surface area contributed by atoms with Gasteiger partial charge in [-0.05, 0) is 51.9 Å². The number of likely N-dealkylation sites (N-methyl/N-ethyl adjacent to an activating group) is 1. The average Bonchev–Trinajstić information content (AvgIpc) is 3.05. The van der Waals surface area contributed by atoms with E-state index >= 15 is 0 Å². The van der Waals surface area contributed by atoms with Crippen LogP contribution in [-0.4, -0.2) is 49.3 Å². The van der Waals surface area contributed by atoms with E-state index in [9.17, 15) is 13.5 Å². The molecule has 0 unspecified atom stereocenters. The van der Waals surface area contributed by atoms with Crippen molar-refractivity contribution in [1.82, 2.24) is 4.31 Å². The molecular formula is C19H30N2O3S2. The molecule has 1 atom stereocenters. The molecule has 0 radical (unpaired) electrons. The second kappa shape index (κ2) is 6.91. The summed E-state index contributed by atoms with van der Waals surface area (Å²) in [5.41, 5.74) is 0.478. The Morgan fingerprint density at radius 1 is 1.19 bits per heavy atom. The first-order chi connectivity index (χ1) is 12.1. The lowest BCUT2D eigenvalue weighted by molar-refractivity contribution is 0.263. The maximum Gasteiger partial charge on any atom is 0.245 e. The van der Waals surface area contributed by atoms with Crippen LogP contribution in [0.4, 0.5) is 5.69 Å². The maximum absolute atomic E-state index is 13.4. The Kier molecular flexibility index (Phi) is 5.27. The van der Waals surface area contributed by atoms with Gasteiger partial charge in [0.2, 0.25) is 10.0 Å². The Bertz CT molecular complexity index is 781. The fourth-order valence-electron chi connectivity index (χ4n) is 4.28. The second-order valence-electron chi connectivity index (χ2n) is 8.41. The number of phenols is 1. The van der Waals surface area contributed by atoms with Crippen molar-refractivity contribution in [2.45, 2.75) is 67.8 Å². The summed E-state index contributed by atoms with van der Waals surface area (Å²) in [6, 6.07) is 3.22. The molecule has 1 fully saturated rings. The van der Waals surface area contributed by atoms with Gasteiger partial charge in [0, 0.05) is 31.2 Å². The predicted octanol–water partition coefficient (Wildman–Crippen LogP) is 3.91. The SMILES string of the molecule is CSc1cc2c(cc1O)S(=O)(=O)N(C)[C@H](C1CCCC1)CN2C(C)(C)C. The summed E-state index contributed by atoms with van der Waals surface area (Å²) >= 11 is 1.43. The highest BCUT2D eigenvalue weighted by atomic mass is 32.2. The summed E-state index contributed by atoms with van der Waals surface area (Å²) in [6.07, 6.45) is 6.41. The number of hydrogen-bond acceptors (Lipinski definition) is 5. The molecule has 1 saturated carbocycles. The number of nitrogens with zero attached hydrogens (tertiary/aromatic N) is 2. The molecular weight excluding hydrogens is 368 g/mol. The molecule has 1 aliphatic carbocycles. The summed E-state index contributed by atoms with van der Waals surface area (Å²) in [6.45, 7) is 7.03. The van der Waals surface area contributed by atoms with Crippen LogP contribution in [0.15, 0.2) is 21.9 Å². The molecule has 146 valence electrons. The number of fused-ring (bicyclic) bond motifs is 1. The van der Waals surface area contributed by atoms with E-state index in [0.717, 1.165) is 12.8 Å². The highest BCUT2D eigenvalue weighted by Gasteiger charge is 2.43. The average molecular weight is 399 g/mol. The summed E-state index contributed by atoms with van der Waals surface area (Å²) in [4.78, 5) is 3.13. The van der Waals surface area contributed by atoms with Crippen molar-refractivity contribution in [2.24, 2.45) is 5.92 Å². The Morgan fingerprint density at radius 3 is 2.35 bits per heavy atom. The summed E-state index contributed by atoms with van der Waals surface area (Å²) < 4.78 is 28.4. The minimum Gasteiger partial charge on any atom is -0.507 e. The van der Waals surface area contributed by atoms with Gasteiger partial charge >= 0.3 is 0 Å². The van der Waals surface area contributed by atoms with Crippen LogP contribution in [0, 0.1) is 5.92 Å². The molecule has 2 aliphatic rings. The molecule has 1 aromatic rings. The quantitative estimate of drug-likeness (QED) is 0.765. The second-order valence-corrected chi connectivity index (χ2v) is 11.2. The molecule has 5 nitrogen and oxygen atoms in total. The Hall–Kier alpha value is -0.920. The zero-order valence-corrected chi connectivity index (χ0v) is 18.0. The van der Waals surface area contributed by atoms with Gasteiger partial charge < -0.3 is 10.0 Å². The van der Waals surface area contributed by atoms with Crippen molar-refractivity contribution < 1.29 is 13.5 Å². The van der Waals surface area contributed by atoms with Gasteiger partial charge in [-0.3, -0.25) is 0 Å². The minimum atomic E-state index is -3.66. The van der Waals surface area contributed by atoms with E-state index in [0.29, 0.717) is 23.0 Å². The fraction of sp³-hybridized carbons (Fsp3) is 0.684. The van der Waals surface area contributed by atoms with Crippen LogP contribution in [0.1, 0.15) is 46.5 Å². The van der Waals surface area contributed by atoms with Crippen LogP contribution in [-0.2, 0) is 10.0 Å². The Labute approximate surface area is 161 Å². The number of sulfonamides is 1. The molecule has 7 heteroatoms. The predicted molar refractivity (Wildman–Crippen MR) is 108 cm³/mol. The van der Waals surface area contributed by atoms with Gasteiger partial charge in [0.1, 0.15) is 10.6 Å². The number of aromatic hydroxyl groups is 1.